The number of phenols is 1. The van der Waals surface area contributed by atoms with E-state index in [0.717, 1.165) is 10.5 Å². The van der Waals surface area contributed by atoms with Crippen molar-refractivity contribution in [3.63, 3.8) is 0 Å². The number of ether oxygens (including phenoxy) is 2. The van der Waals surface area contributed by atoms with E-state index in [-0.39, 0.29) is 23.3 Å². The Morgan fingerprint density at radius 3 is 2.22 bits per heavy atom. The van der Waals surface area contributed by atoms with Crippen molar-refractivity contribution in [3.8, 4) is 28.6 Å². The molecule has 2 aromatic carbocycles. The lowest BCUT2D eigenvalue weighted by molar-refractivity contribution is -0.124. The van der Waals surface area contributed by atoms with Crippen LogP contribution in [0.5, 0.6) is 17.2 Å². The number of nitrogens with zero attached hydrogens (tertiary/aromatic N) is 4. The number of aromatic hydroxyl groups is 1. The highest BCUT2D eigenvalue weighted by Gasteiger charge is 2.22. The highest BCUT2D eigenvalue weighted by Crippen LogP contribution is 2.29. The van der Waals surface area contributed by atoms with Gasteiger partial charge in [0.25, 0.3) is 0 Å². The number of hydrogen-bond donors (Lipinski definition) is 1. The van der Waals surface area contributed by atoms with E-state index in [1.165, 1.54) is 19.9 Å². The minimum Gasteiger partial charge on any atom is -0.507 e. The fourth-order valence-electron chi connectivity index (χ4n) is 2.97. The molecule has 0 saturated carbocycles. The standard InChI is InChI=1S/C23H22N4O5/c1-14(28)27(15(2)29)23-25-21(24-22(26-23)17-7-5-6-8-18(17)30)12-10-16-9-11-19(31-3)20(13-16)32-4/h5-13,30H,1-4H3. The van der Waals surface area contributed by atoms with Gasteiger partial charge in [-0.2, -0.15) is 9.97 Å². The molecule has 2 amide bonds. The number of phenolic OH excluding ortho intramolecular Hbond substituents is 1. The molecule has 0 bridgehead atoms. The molecule has 9 heteroatoms. The van der Waals surface area contributed by atoms with Crippen molar-refractivity contribution >= 4 is 29.9 Å². The van der Waals surface area contributed by atoms with Crippen molar-refractivity contribution in [2.75, 3.05) is 19.1 Å². The van der Waals surface area contributed by atoms with Crippen LogP contribution in [0.2, 0.25) is 0 Å². The zero-order valence-corrected chi connectivity index (χ0v) is 18.1. The molecule has 0 unspecified atom stereocenters. The maximum atomic E-state index is 12.0. The Balaban J connectivity index is 2.10. The number of methoxy groups -OCH3 is 2. The summed E-state index contributed by atoms with van der Waals surface area (Å²) in [5.41, 5.74) is 1.12. The third-order valence-electron chi connectivity index (χ3n) is 4.45. The number of para-hydroxylation sites is 1. The van der Waals surface area contributed by atoms with E-state index < -0.39 is 11.8 Å². The van der Waals surface area contributed by atoms with Crippen LogP contribution in [0.1, 0.15) is 25.2 Å². The van der Waals surface area contributed by atoms with Gasteiger partial charge in [0.05, 0.1) is 19.8 Å². The van der Waals surface area contributed by atoms with Gasteiger partial charge in [-0.05, 0) is 35.9 Å². The van der Waals surface area contributed by atoms with Gasteiger partial charge in [-0.1, -0.05) is 24.3 Å². The lowest BCUT2D eigenvalue weighted by Gasteiger charge is -2.16. The third-order valence-corrected chi connectivity index (χ3v) is 4.45. The Hall–Kier alpha value is -4.27. The number of rotatable bonds is 6. The van der Waals surface area contributed by atoms with Crippen LogP contribution in [-0.2, 0) is 9.59 Å². The van der Waals surface area contributed by atoms with E-state index in [2.05, 4.69) is 15.0 Å². The average Bonchev–Trinajstić information content (AvgIpc) is 2.77. The van der Waals surface area contributed by atoms with E-state index in [9.17, 15) is 14.7 Å². The summed E-state index contributed by atoms with van der Waals surface area (Å²) >= 11 is 0. The van der Waals surface area contributed by atoms with Gasteiger partial charge < -0.3 is 14.6 Å². The molecule has 1 aromatic heterocycles. The van der Waals surface area contributed by atoms with Gasteiger partial charge in [0, 0.05) is 13.8 Å². The fourth-order valence-corrected chi connectivity index (χ4v) is 2.97. The molecule has 0 aliphatic rings. The SMILES string of the molecule is COc1ccc(C=Cc2nc(-c3ccccc3O)nc(N(C(C)=O)C(C)=O)n2)cc1OC. The molecule has 0 saturated heterocycles. The van der Waals surface area contributed by atoms with Crippen LogP contribution in [0.3, 0.4) is 0 Å². The van der Waals surface area contributed by atoms with Crippen LogP contribution in [0.25, 0.3) is 23.5 Å². The van der Waals surface area contributed by atoms with Crippen LogP contribution in [0.15, 0.2) is 42.5 Å². The third kappa shape index (κ3) is 4.89. The summed E-state index contributed by atoms with van der Waals surface area (Å²) in [4.78, 5) is 37.8. The zero-order chi connectivity index (χ0) is 23.3. The Kier molecular flexibility index (Phi) is 6.79. The molecule has 9 nitrogen and oxygen atoms in total. The van der Waals surface area contributed by atoms with E-state index in [4.69, 9.17) is 9.47 Å². The molecule has 164 valence electrons. The van der Waals surface area contributed by atoms with E-state index >= 15 is 0 Å². The summed E-state index contributed by atoms with van der Waals surface area (Å²) in [6.45, 7) is 2.48. The van der Waals surface area contributed by atoms with Gasteiger partial charge in [-0.3, -0.25) is 9.59 Å². The lowest BCUT2D eigenvalue weighted by Crippen LogP contribution is -2.35. The summed E-state index contributed by atoms with van der Waals surface area (Å²) in [7, 11) is 3.09. The Morgan fingerprint density at radius 1 is 0.906 bits per heavy atom. The molecule has 3 aromatic rings. The fraction of sp³-hybridized carbons (Fsp3) is 0.174. The largest absolute Gasteiger partial charge is 0.507 e. The topological polar surface area (TPSA) is 115 Å². The zero-order valence-electron chi connectivity index (χ0n) is 18.1. The van der Waals surface area contributed by atoms with Crippen molar-refractivity contribution in [2.24, 2.45) is 0 Å². The molecule has 0 aliphatic heterocycles. The van der Waals surface area contributed by atoms with Gasteiger partial charge in [0.1, 0.15) is 5.75 Å². The summed E-state index contributed by atoms with van der Waals surface area (Å²) < 4.78 is 10.6. The second-order valence-corrected chi connectivity index (χ2v) is 6.66. The minimum atomic E-state index is -0.540. The Labute approximate surface area is 185 Å². The quantitative estimate of drug-likeness (QED) is 0.628. The minimum absolute atomic E-state index is 0.0447. The molecule has 1 heterocycles. The van der Waals surface area contributed by atoms with Crippen molar-refractivity contribution in [1.29, 1.82) is 0 Å². The first kappa shape index (κ1) is 22.4. The predicted molar refractivity (Wildman–Crippen MR) is 119 cm³/mol. The summed E-state index contributed by atoms with van der Waals surface area (Å²) in [6, 6.07) is 11.9. The molecule has 0 spiro atoms. The second-order valence-electron chi connectivity index (χ2n) is 6.66. The van der Waals surface area contributed by atoms with Crippen molar-refractivity contribution in [2.45, 2.75) is 13.8 Å². The summed E-state index contributed by atoms with van der Waals surface area (Å²) in [5, 5.41) is 10.2. The number of hydrogen-bond acceptors (Lipinski definition) is 8. The number of anilines is 1. The average molecular weight is 434 g/mol. The normalized spacial score (nSPS) is 10.8. The summed E-state index contributed by atoms with van der Waals surface area (Å²) in [5.74, 6) is 0.196. The lowest BCUT2D eigenvalue weighted by atomic mass is 10.1. The monoisotopic (exact) mass is 434 g/mol. The Bertz CT molecular complexity index is 1180. The molecule has 0 atom stereocenters. The molecular formula is C23H22N4O5. The van der Waals surface area contributed by atoms with E-state index in [1.807, 2.05) is 6.07 Å². The van der Waals surface area contributed by atoms with Crippen LogP contribution >= 0.6 is 0 Å². The number of carbonyl (C=O) groups is 2. The number of benzene rings is 2. The van der Waals surface area contributed by atoms with Gasteiger partial charge >= 0.3 is 0 Å². The molecule has 0 radical (unpaired) electrons. The van der Waals surface area contributed by atoms with Gasteiger partial charge in [0.2, 0.25) is 17.8 Å². The predicted octanol–water partition coefficient (Wildman–Crippen LogP) is 3.33. The second kappa shape index (κ2) is 9.69. The molecule has 32 heavy (non-hydrogen) atoms. The van der Waals surface area contributed by atoms with Gasteiger partial charge in [0.15, 0.2) is 23.1 Å². The smallest absolute Gasteiger partial charge is 0.243 e. The number of amides is 2. The van der Waals surface area contributed by atoms with E-state index in [1.54, 1.807) is 56.7 Å². The maximum absolute atomic E-state index is 12.0. The van der Waals surface area contributed by atoms with Crippen LogP contribution in [0, 0.1) is 0 Å². The van der Waals surface area contributed by atoms with Crippen LogP contribution < -0.4 is 14.4 Å². The van der Waals surface area contributed by atoms with Crippen molar-refractivity contribution in [1.82, 2.24) is 15.0 Å². The molecule has 0 fully saturated rings. The molecule has 3 rings (SSSR count). The first-order valence-electron chi connectivity index (χ1n) is 9.60. The molecular weight excluding hydrogens is 412 g/mol. The van der Waals surface area contributed by atoms with Crippen molar-refractivity contribution in [3.05, 3.63) is 53.9 Å². The van der Waals surface area contributed by atoms with Gasteiger partial charge in [-0.15, -0.1) is 0 Å². The summed E-state index contributed by atoms with van der Waals surface area (Å²) in [6.07, 6.45) is 3.34. The van der Waals surface area contributed by atoms with Crippen LogP contribution in [-0.4, -0.2) is 46.1 Å². The molecule has 0 aliphatic carbocycles. The van der Waals surface area contributed by atoms with Crippen LogP contribution in [0.4, 0.5) is 5.95 Å². The number of carbonyl (C=O) groups excluding carboxylic acids is 2. The van der Waals surface area contributed by atoms with Crippen molar-refractivity contribution < 1.29 is 24.2 Å². The number of aromatic nitrogens is 3. The first-order valence-corrected chi connectivity index (χ1v) is 9.60. The van der Waals surface area contributed by atoms with E-state index in [0.29, 0.717) is 17.1 Å². The Morgan fingerprint density at radius 2 is 1.59 bits per heavy atom. The highest BCUT2D eigenvalue weighted by atomic mass is 16.5. The maximum Gasteiger partial charge on any atom is 0.243 e. The number of imide groups is 1. The highest BCUT2D eigenvalue weighted by molar-refractivity contribution is 6.11. The molecule has 1 N–H and O–H groups in total. The van der Waals surface area contributed by atoms with Gasteiger partial charge in [-0.25, -0.2) is 9.88 Å². The first-order chi connectivity index (χ1) is 15.3.